The number of benzene rings is 1. The molecule has 132 valence electrons. The van der Waals surface area contributed by atoms with Gasteiger partial charge in [0.25, 0.3) is 0 Å². The minimum Gasteiger partial charge on any atom is -0.372 e. The lowest BCUT2D eigenvalue weighted by Gasteiger charge is -2.44. The van der Waals surface area contributed by atoms with Crippen LogP contribution in [0.2, 0.25) is 0 Å². The fourth-order valence-electron chi connectivity index (χ4n) is 4.45. The van der Waals surface area contributed by atoms with Crippen LogP contribution in [0.4, 0.5) is 11.4 Å². The van der Waals surface area contributed by atoms with Crippen LogP contribution in [0.5, 0.6) is 0 Å². The molecular formula is C20H31N3O. The number of carbonyl (C=O) groups is 1. The van der Waals surface area contributed by atoms with Gasteiger partial charge in [-0.05, 0) is 48.9 Å². The molecule has 4 nitrogen and oxygen atoms in total. The number of nitrogens with two attached hydrogens (primary N) is 1. The summed E-state index contributed by atoms with van der Waals surface area (Å²) >= 11 is 0. The Balaban J connectivity index is 1.99. The van der Waals surface area contributed by atoms with Crippen LogP contribution in [0.15, 0.2) is 18.2 Å². The van der Waals surface area contributed by atoms with E-state index in [1.807, 2.05) is 4.90 Å². The number of hydrogen-bond acceptors (Lipinski definition) is 3. The Labute approximate surface area is 146 Å². The van der Waals surface area contributed by atoms with E-state index in [2.05, 4.69) is 36.9 Å². The van der Waals surface area contributed by atoms with Gasteiger partial charge in [-0.1, -0.05) is 26.7 Å². The molecule has 24 heavy (non-hydrogen) atoms. The van der Waals surface area contributed by atoms with E-state index in [4.69, 9.17) is 5.73 Å². The minimum atomic E-state index is -0.00696. The third kappa shape index (κ3) is 3.04. The second-order valence-corrected chi connectivity index (χ2v) is 7.39. The molecule has 0 bridgehead atoms. The van der Waals surface area contributed by atoms with Gasteiger partial charge in [0.15, 0.2) is 0 Å². The lowest BCUT2D eigenvalue weighted by atomic mass is 9.81. The van der Waals surface area contributed by atoms with Gasteiger partial charge < -0.3 is 15.5 Å². The monoisotopic (exact) mass is 329 g/mol. The van der Waals surface area contributed by atoms with Gasteiger partial charge >= 0.3 is 0 Å². The molecule has 0 radical (unpaired) electrons. The van der Waals surface area contributed by atoms with Crippen molar-refractivity contribution in [3.63, 3.8) is 0 Å². The van der Waals surface area contributed by atoms with Crippen molar-refractivity contribution in [2.45, 2.75) is 65.0 Å². The number of anilines is 2. The Hall–Kier alpha value is -1.55. The quantitative estimate of drug-likeness (QED) is 0.896. The van der Waals surface area contributed by atoms with Crippen LogP contribution < -0.4 is 15.5 Å². The molecule has 0 saturated carbocycles. The van der Waals surface area contributed by atoms with Crippen molar-refractivity contribution < 1.29 is 4.79 Å². The van der Waals surface area contributed by atoms with Gasteiger partial charge in [0.2, 0.25) is 5.91 Å². The first-order chi connectivity index (χ1) is 11.5. The molecule has 1 aromatic rings. The molecular weight excluding hydrogens is 298 g/mol. The molecule has 1 fully saturated rings. The fourth-order valence-corrected chi connectivity index (χ4v) is 4.45. The summed E-state index contributed by atoms with van der Waals surface area (Å²) < 4.78 is 0. The lowest BCUT2D eigenvalue weighted by Crippen LogP contribution is -2.50. The molecule has 2 aliphatic rings. The maximum atomic E-state index is 12.3. The van der Waals surface area contributed by atoms with Crippen LogP contribution in [0.25, 0.3) is 0 Å². The van der Waals surface area contributed by atoms with Crippen LogP contribution in [0, 0.1) is 5.92 Å². The van der Waals surface area contributed by atoms with Crippen molar-refractivity contribution >= 4 is 17.3 Å². The standard InChI is InChI=1S/C20H31N3O/c1-4-18-14(2)20(21)17-13-16(22-11-7-5-6-8-12-22)9-10-19(17)23(18)15(3)24/h9-10,13-14,18,20H,4-8,11-12,21H2,1-3H3/t14-,18-,20+/m0/s1. The summed E-state index contributed by atoms with van der Waals surface area (Å²) in [5.41, 5.74) is 9.99. The fraction of sp³-hybridized carbons (Fsp3) is 0.650. The summed E-state index contributed by atoms with van der Waals surface area (Å²) in [6.07, 6.45) is 6.11. The van der Waals surface area contributed by atoms with Gasteiger partial charge in [-0.15, -0.1) is 0 Å². The smallest absolute Gasteiger partial charge is 0.224 e. The molecule has 3 rings (SSSR count). The van der Waals surface area contributed by atoms with Crippen molar-refractivity contribution in [3.8, 4) is 0 Å². The number of carbonyl (C=O) groups excluding carboxylic acids is 1. The molecule has 0 unspecified atom stereocenters. The number of nitrogens with zero attached hydrogens (tertiary/aromatic N) is 2. The van der Waals surface area contributed by atoms with E-state index < -0.39 is 0 Å². The summed E-state index contributed by atoms with van der Waals surface area (Å²) in [6, 6.07) is 6.71. The molecule has 0 aliphatic carbocycles. The first-order valence-electron chi connectivity index (χ1n) is 9.49. The first-order valence-corrected chi connectivity index (χ1v) is 9.49. The molecule has 1 amide bonds. The maximum Gasteiger partial charge on any atom is 0.224 e. The van der Waals surface area contributed by atoms with Crippen molar-refractivity contribution in [2.75, 3.05) is 22.9 Å². The van der Waals surface area contributed by atoms with E-state index in [0.717, 1.165) is 30.8 Å². The maximum absolute atomic E-state index is 12.3. The topological polar surface area (TPSA) is 49.6 Å². The molecule has 0 spiro atoms. The zero-order valence-electron chi connectivity index (χ0n) is 15.3. The third-order valence-electron chi connectivity index (χ3n) is 5.86. The highest BCUT2D eigenvalue weighted by molar-refractivity contribution is 5.94. The molecule has 2 aliphatic heterocycles. The van der Waals surface area contributed by atoms with E-state index >= 15 is 0 Å². The van der Waals surface area contributed by atoms with Crippen molar-refractivity contribution in [3.05, 3.63) is 23.8 Å². The van der Waals surface area contributed by atoms with Gasteiger partial charge in [-0.2, -0.15) is 0 Å². The number of amides is 1. The Kier molecular flexibility index (Phi) is 5.14. The van der Waals surface area contributed by atoms with Crippen molar-refractivity contribution in [1.82, 2.24) is 0 Å². The van der Waals surface area contributed by atoms with Gasteiger partial charge in [-0.25, -0.2) is 0 Å². The van der Waals surface area contributed by atoms with Gasteiger partial charge in [0, 0.05) is 43.5 Å². The van der Waals surface area contributed by atoms with Crippen LogP contribution in [-0.2, 0) is 4.79 Å². The van der Waals surface area contributed by atoms with Crippen LogP contribution in [-0.4, -0.2) is 25.0 Å². The predicted molar refractivity (Wildman–Crippen MR) is 100 cm³/mol. The zero-order valence-corrected chi connectivity index (χ0v) is 15.3. The van der Waals surface area contributed by atoms with E-state index in [1.54, 1.807) is 6.92 Å². The number of rotatable bonds is 2. The minimum absolute atomic E-state index is 0.00696. The highest BCUT2D eigenvalue weighted by Crippen LogP contribution is 2.42. The molecule has 3 atom stereocenters. The Morgan fingerprint density at radius 2 is 1.88 bits per heavy atom. The second-order valence-electron chi connectivity index (χ2n) is 7.39. The number of fused-ring (bicyclic) bond motifs is 1. The summed E-state index contributed by atoms with van der Waals surface area (Å²) in [6.45, 7) is 8.23. The third-order valence-corrected chi connectivity index (χ3v) is 5.86. The molecule has 2 N–H and O–H groups in total. The van der Waals surface area contributed by atoms with E-state index in [0.29, 0.717) is 0 Å². The largest absolute Gasteiger partial charge is 0.372 e. The summed E-state index contributed by atoms with van der Waals surface area (Å²) in [4.78, 5) is 16.7. The summed E-state index contributed by atoms with van der Waals surface area (Å²) in [7, 11) is 0. The van der Waals surface area contributed by atoms with Crippen molar-refractivity contribution in [1.29, 1.82) is 0 Å². The summed E-state index contributed by atoms with van der Waals surface area (Å²) in [5, 5.41) is 0. The zero-order chi connectivity index (χ0) is 17.3. The molecule has 1 saturated heterocycles. The van der Waals surface area contributed by atoms with Crippen LogP contribution in [0.3, 0.4) is 0 Å². The highest BCUT2D eigenvalue weighted by atomic mass is 16.2. The molecule has 4 heteroatoms. The van der Waals surface area contributed by atoms with E-state index in [-0.39, 0.29) is 23.9 Å². The first kappa shape index (κ1) is 17.3. The average molecular weight is 329 g/mol. The second kappa shape index (κ2) is 7.14. The molecule has 2 heterocycles. The SMILES string of the molecule is CC[C@H]1[C@H](C)[C@@H](N)c2cc(N3CCCCCC3)ccc2N1C(C)=O. The van der Waals surface area contributed by atoms with E-state index in [1.165, 1.54) is 31.4 Å². The van der Waals surface area contributed by atoms with Gasteiger partial charge in [0.05, 0.1) is 0 Å². The van der Waals surface area contributed by atoms with Gasteiger partial charge in [-0.3, -0.25) is 4.79 Å². The Bertz CT molecular complexity index is 593. The highest BCUT2D eigenvalue weighted by Gasteiger charge is 2.38. The van der Waals surface area contributed by atoms with Crippen LogP contribution in [0.1, 0.15) is 64.5 Å². The van der Waals surface area contributed by atoms with Crippen LogP contribution >= 0.6 is 0 Å². The molecule has 0 aromatic heterocycles. The van der Waals surface area contributed by atoms with Crippen molar-refractivity contribution in [2.24, 2.45) is 11.7 Å². The Morgan fingerprint density at radius 3 is 2.46 bits per heavy atom. The Morgan fingerprint density at radius 1 is 1.21 bits per heavy atom. The predicted octanol–water partition coefficient (Wildman–Crippen LogP) is 3.85. The van der Waals surface area contributed by atoms with E-state index in [9.17, 15) is 4.79 Å². The normalized spacial score (nSPS) is 27.6. The lowest BCUT2D eigenvalue weighted by molar-refractivity contribution is -0.117. The van der Waals surface area contributed by atoms with Gasteiger partial charge in [0.1, 0.15) is 0 Å². The summed E-state index contributed by atoms with van der Waals surface area (Å²) in [5.74, 6) is 0.384. The number of hydrogen-bond donors (Lipinski definition) is 1. The average Bonchev–Trinajstić information content (AvgIpc) is 2.86. The molecule has 1 aromatic carbocycles.